The molecule has 1 amide bonds. The lowest BCUT2D eigenvalue weighted by atomic mass is 9.99. The lowest BCUT2D eigenvalue weighted by Gasteiger charge is -2.32. The average molecular weight is 440 g/mol. The minimum atomic E-state index is -0.470. The lowest BCUT2D eigenvalue weighted by Crippen LogP contribution is -2.41. The molecule has 164 valence electrons. The molecule has 1 unspecified atom stereocenters. The Hall–Kier alpha value is -4.34. The van der Waals surface area contributed by atoms with E-state index in [2.05, 4.69) is 25.1 Å². The molecule has 6 heterocycles. The van der Waals surface area contributed by atoms with Crippen LogP contribution in [-0.2, 0) is 6.42 Å². The Morgan fingerprint density at radius 2 is 2.06 bits per heavy atom. The lowest BCUT2D eigenvalue weighted by molar-refractivity contribution is 0.0646. The van der Waals surface area contributed by atoms with Crippen molar-refractivity contribution in [3.05, 3.63) is 83.3 Å². The molecule has 0 bridgehead atoms. The van der Waals surface area contributed by atoms with Gasteiger partial charge in [0.1, 0.15) is 6.04 Å². The first-order chi connectivity index (χ1) is 16.1. The molecular formula is C23H20N8O2. The van der Waals surface area contributed by atoms with E-state index in [0.717, 1.165) is 34.0 Å². The molecule has 33 heavy (non-hydrogen) atoms. The summed E-state index contributed by atoms with van der Waals surface area (Å²) in [5.41, 5.74) is 5.90. The predicted molar refractivity (Wildman–Crippen MR) is 117 cm³/mol. The topological polar surface area (TPSA) is 118 Å². The van der Waals surface area contributed by atoms with E-state index in [0.29, 0.717) is 18.5 Å². The summed E-state index contributed by atoms with van der Waals surface area (Å²) in [6.07, 6.45) is 3.99. The number of amides is 1. The average Bonchev–Trinajstić information content (AvgIpc) is 3.57. The standard InChI is InChI=1S/C23H20N8O2/c1-13-5-3-6-15-11-18(29-31(13)15)20-19-17(25-12-26-19)8-10-30(20)23(32)22-28-27-21(33-22)16-7-4-9-24-14(16)2/h3-7,9,11-12,20H,8,10H2,1-2H3,(H,25,26). The van der Waals surface area contributed by atoms with Crippen LogP contribution in [0, 0.1) is 13.8 Å². The molecule has 10 heteroatoms. The molecule has 0 fully saturated rings. The number of carbonyl (C=O) groups is 1. The molecule has 0 saturated heterocycles. The zero-order valence-electron chi connectivity index (χ0n) is 18.1. The first-order valence-corrected chi connectivity index (χ1v) is 10.6. The molecule has 0 aliphatic carbocycles. The highest BCUT2D eigenvalue weighted by molar-refractivity contribution is 5.90. The van der Waals surface area contributed by atoms with Crippen molar-refractivity contribution >= 4 is 11.4 Å². The van der Waals surface area contributed by atoms with Gasteiger partial charge in [-0.25, -0.2) is 9.50 Å². The zero-order chi connectivity index (χ0) is 22.5. The summed E-state index contributed by atoms with van der Waals surface area (Å²) in [5.74, 6) is -0.166. The van der Waals surface area contributed by atoms with Crippen LogP contribution in [0.25, 0.3) is 17.0 Å². The van der Waals surface area contributed by atoms with Crippen molar-refractivity contribution in [3.63, 3.8) is 0 Å². The molecule has 1 aliphatic rings. The number of aromatic amines is 1. The van der Waals surface area contributed by atoms with Gasteiger partial charge in [-0.1, -0.05) is 6.07 Å². The van der Waals surface area contributed by atoms with Gasteiger partial charge in [-0.05, 0) is 44.2 Å². The fourth-order valence-electron chi connectivity index (χ4n) is 4.35. The number of hydrogen-bond donors (Lipinski definition) is 1. The van der Waals surface area contributed by atoms with Gasteiger partial charge in [0.15, 0.2) is 0 Å². The number of nitrogens with zero attached hydrogens (tertiary/aromatic N) is 7. The van der Waals surface area contributed by atoms with E-state index in [1.165, 1.54) is 0 Å². The van der Waals surface area contributed by atoms with Crippen molar-refractivity contribution in [2.24, 2.45) is 0 Å². The third-order valence-electron chi connectivity index (χ3n) is 6.01. The maximum Gasteiger partial charge on any atom is 0.312 e. The van der Waals surface area contributed by atoms with Crippen LogP contribution in [0.4, 0.5) is 0 Å². The molecule has 1 aliphatic heterocycles. The van der Waals surface area contributed by atoms with Gasteiger partial charge in [-0.3, -0.25) is 9.78 Å². The number of H-pyrrole nitrogens is 1. The van der Waals surface area contributed by atoms with Gasteiger partial charge in [0.2, 0.25) is 5.89 Å². The van der Waals surface area contributed by atoms with E-state index in [1.807, 2.05) is 48.7 Å². The molecule has 0 radical (unpaired) electrons. The molecule has 10 nitrogen and oxygen atoms in total. The maximum atomic E-state index is 13.6. The van der Waals surface area contributed by atoms with Crippen molar-refractivity contribution in [3.8, 4) is 11.5 Å². The van der Waals surface area contributed by atoms with E-state index >= 15 is 0 Å². The molecule has 0 saturated carbocycles. The van der Waals surface area contributed by atoms with Crippen molar-refractivity contribution in [2.75, 3.05) is 6.54 Å². The van der Waals surface area contributed by atoms with E-state index in [9.17, 15) is 4.79 Å². The second-order valence-corrected chi connectivity index (χ2v) is 8.04. The third kappa shape index (κ3) is 3.10. The number of fused-ring (bicyclic) bond motifs is 2. The fourth-order valence-corrected chi connectivity index (χ4v) is 4.35. The van der Waals surface area contributed by atoms with Crippen LogP contribution in [0.1, 0.15) is 45.2 Å². The van der Waals surface area contributed by atoms with E-state index < -0.39 is 6.04 Å². The quantitative estimate of drug-likeness (QED) is 0.458. The third-order valence-corrected chi connectivity index (χ3v) is 6.01. The van der Waals surface area contributed by atoms with Gasteiger partial charge in [-0.2, -0.15) is 5.10 Å². The Labute approximate surface area is 188 Å². The molecule has 1 atom stereocenters. The summed E-state index contributed by atoms with van der Waals surface area (Å²) >= 11 is 0. The van der Waals surface area contributed by atoms with Crippen LogP contribution in [-0.4, -0.2) is 52.1 Å². The van der Waals surface area contributed by atoms with Crippen LogP contribution in [0.15, 0.2) is 53.3 Å². The van der Waals surface area contributed by atoms with Crippen molar-refractivity contribution in [2.45, 2.75) is 26.3 Å². The SMILES string of the molecule is Cc1ncccc1-c1nnc(C(=O)N2CCc3[nH]cnc3C2c2cc3cccc(C)n3n2)o1. The summed E-state index contributed by atoms with van der Waals surface area (Å²) in [6.45, 7) is 4.31. The Bertz CT molecular complexity index is 1500. The number of carbonyl (C=O) groups excluding carboxylic acids is 1. The maximum absolute atomic E-state index is 13.6. The Morgan fingerprint density at radius 1 is 1.15 bits per heavy atom. The van der Waals surface area contributed by atoms with Crippen LogP contribution in [0.2, 0.25) is 0 Å². The number of aromatic nitrogens is 7. The fraction of sp³-hybridized carbons (Fsp3) is 0.217. The second-order valence-electron chi connectivity index (χ2n) is 8.04. The summed E-state index contributed by atoms with van der Waals surface area (Å²) < 4.78 is 7.66. The highest BCUT2D eigenvalue weighted by Gasteiger charge is 2.38. The van der Waals surface area contributed by atoms with Gasteiger partial charge < -0.3 is 14.3 Å². The van der Waals surface area contributed by atoms with Gasteiger partial charge >= 0.3 is 11.8 Å². The highest BCUT2D eigenvalue weighted by Crippen LogP contribution is 2.34. The number of hydrogen-bond acceptors (Lipinski definition) is 7. The van der Waals surface area contributed by atoms with Crippen molar-refractivity contribution in [1.82, 2.24) is 39.7 Å². The zero-order valence-corrected chi connectivity index (χ0v) is 18.1. The predicted octanol–water partition coefficient (Wildman–Crippen LogP) is 2.91. The monoisotopic (exact) mass is 440 g/mol. The Morgan fingerprint density at radius 3 is 2.91 bits per heavy atom. The minimum Gasteiger partial charge on any atom is -0.412 e. The molecule has 6 rings (SSSR count). The highest BCUT2D eigenvalue weighted by atomic mass is 16.4. The first-order valence-electron chi connectivity index (χ1n) is 10.6. The van der Waals surface area contributed by atoms with Gasteiger partial charge in [0, 0.05) is 36.2 Å². The Balaban J connectivity index is 1.41. The van der Waals surface area contributed by atoms with Crippen LogP contribution < -0.4 is 0 Å². The number of nitrogens with one attached hydrogen (secondary N) is 1. The van der Waals surface area contributed by atoms with Crippen molar-refractivity contribution < 1.29 is 9.21 Å². The van der Waals surface area contributed by atoms with E-state index in [-0.39, 0.29) is 17.7 Å². The molecule has 5 aromatic heterocycles. The van der Waals surface area contributed by atoms with Crippen LogP contribution >= 0.6 is 0 Å². The van der Waals surface area contributed by atoms with Gasteiger partial charge in [0.25, 0.3) is 0 Å². The summed E-state index contributed by atoms with van der Waals surface area (Å²) in [7, 11) is 0. The van der Waals surface area contributed by atoms with E-state index in [1.54, 1.807) is 23.5 Å². The number of imidazole rings is 1. The summed E-state index contributed by atoms with van der Waals surface area (Å²) in [6, 6.07) is 11.1. The smallest absolute Gasteiger partial charge is 0.312 e. The molecule has 1 N–H and O–H groups in total. The molecule has 5 aromatic rings. The normalized spacial score (nSPS) is 15.7. The summed E-state index contributed by atoms with van der Waals surface area (Å²) in [5, 5.41) is 12.9. The van der Waals surface area contributed by atoms with E-state index in [4.69, 9.17) is 9.52 Å². The molecular weight excluding hydrogens is 420 g/mol. The van der Waals surface area contributed by atoms with Gasteiger partial charge in [-0.15, -0.1) is 10.2 Å². The van der Waals surface area contributed by atoms with Crippen LogP contribution in [0.3, 0.4) is 0 Å². The van der Waals surface area contributed by atoms with Crippen molar-refractivity contribution in [1.29, 1.82) is 0 Å². The molecule has 0 spiro atoms. The largest absolute Gasteiger partial charge is 0.412 e. The minimum absolute atomic E-state index is 0.0721. The number of rotatable bonds is 3. The first kappa shape index (κ1) is 19.4. The summed E-state index contributed by atoms with van der Waals surface area (Å²) in [4.78, 5) is 27.2. The Kier molecular flexibility index (Phi) is 4.32. The second kappa shape index (κ2) is 7.37. The van der Waals surface area contributed by atoms with Crippen LogP contribution in [0.5, 0.6) is 0 Å². The number of pyridine rings is 2. The van der Waals surface area contributed by atoms with Gasteiger partial charge in [0.05, 0.1) is 28.8 Å². The molecule has 0 aromatic carbocycles. The number of aryl methyl sites for hydroxylation is 2.